The smallest absolute Gasteiger partial charge is 0.303 e. The fraction of sp³-hybridized carbons (Fsp3) is 0.529. The number of carboxylic acids is 1. The Morgan fingerprint density at radius 3 is 2.39 bits per heavy atom. The Morgan fingerprint density at radius 2 is 1.77 bits per heavy atom. The molecule has 5 heterocycles. The molecule has 1 amide bonds. The van der Waals surface area contributed by atoms with Crippen molar-refractivity contribution in [2.45, 2.75) is 97.6 Å². The summed E-state index contributed by atoms with van der Waals surface area (Å²) in [6.07, 6.45) is 6.53. The molecular weight excluding hydrogens is 560 g/mol. The van der Waals surface area contributed by atoms with Crippen molar-refractivity contribution in [3.05, 3.63) is 74.5 Å². The number of aliphatic hydroxyl groups is 2. The van der Waals surface area contributed by atoms with E-state index in [0.29, 0.717) is 44.3 Å². The highest BCUT2D eigenvalue weighted by molar-refractivity contribution is 6.00. The monoisotopic (exact) mass is 606 g/mol. The first-order valence-electron chi connectivity index (χ1n) is 15.6. The topological polar surface area (TPSA) is 163 Å². The van der Waals surface area contributed by atoms with Gasteiger partial charge in [0.25, 0.3) is 5.91 Å². The number of rotatable bonds is 13. The van der Waals surface area contributed by atoms with Crippen molar-refractivity contribution in [3.63, 3.8) is 0 Å². The summed E-state index contributed by atoms with van der Waals surface area (Å²) in [5, 5.41) is 36.7. The van der Waals surface area contributed by atoms with E-state index in [1.807, 2.05) is 20.8 Å². The van der Waals surface area contributed by atoms with Crippen molar-refractivity contribution in [2.75, 3.05) is 6.61 Å². The third kappa shape index (κ3) is 6.29. The lowest BCUT2D eigenvalue weighted by atomic mass is 9.91. The van der Waals surface area contributed by atoms with Gasteiger partial charge >= 0.3 is 5.97 Å². The van der Waals surface area contributed by atoms with E-state index < -0.39 is 18.0 Å². The minimum Gasteiger partial charge on any atom is -0.481 e. The van der Waals surface area contributed by atoms with E-state index in [9.17, 15) is 24.9 Å². The standard InChI is InChI=1S/C34H46N4O6/c1-7-21-20(6)32(41)38-28(21)14-26-18(4)23(9-10-31(39)40)29(36-26)15-30-24(11-12-34(43)16-44-34)19(5)25(35-30)13-27-17(3)22(8-2)33(42)37-27/h8,14,20-21,27,32,35-36,38,41,43H,2,7,9-13,15-16H2,1,3-6H3,(H,37,42)(H,39,40)/b28-14-/t20-,21-,27-,32+,34+/m1/s1. The predicted molar refractivity (Wildman–Crippen MR) is 168 cm³/mol. The molecule has 10 heteroatoms. The highest BCUT2D eigenvalue weighted by Gasteiger charge is 2.42. The van der Waals surface area contributed by atoms with Crippen molar-refractivity contribution < 1.29 is 29.6 Å². The molecule has 2 aromatic heterocycles. The number of allylic oxidation sites excluding steroid dienone is 1. The van der Waals surface area contributed by atoms with Gasteiger partial charge in [-0.15, -0.1) is 0 Å². The number of amides is 1. The van der Waals surface area contributed by atoms with Crippen LogP contribution in [-0.2, 0) is 40.0 Å². The van der Waals surface area contributed by atoms with E-state index in [0.717, 1.165) is 62.7 Å². The van der Waals surface area contributed by atoms with Crippen molar-refractivity contribution in [2.24, 2.45) is 11.8 Å². The molecule has 0 bridgehead atoms. The third-order valence-electron chi connectivity index (χ3n) is 9.96. The maximum absolute atomic E-state index is 12.5. The summed E-state index contributed by atoms with van der Waals surface area (Å²) in [6.45, 7) is 14.3. The summed E-state index contributed by atoms with van der Waals surface area (Å²) in [5.41, 5.74) is 10.5. The number of aromatic nitrogens is 2. The molecule has 0 aliphatic carbocycles. The highest BCUT2D eigenvalue weighted by atomic mass is 16.7. The zero-order valence-corrected chi connectivity index (χ0v) is 26.4. The van der Waals surface area contributed by atoms with Gasteiger partial charge in [-0.2, -0.15) is 0 Å². The minimum absolute atomic E-state index is 0.0121. The maximum Gasteiger partial charge on any atom is 0.303 e. The molecule has 2 saturated heterocycles. The van der Waals surface area contributed by atoms with Gasteiger partial charge in [0.05, 0.1) is 6.04 Å². The van der Waals surface area contributed by atoms with Crippen LogP contribution >= 0.6 is 0 Å². The lowest BCUT2D eigenvalue weighted by molar-refractivity contribution is -0.137. The van der Waals surface area contributed by atoms with Crippen molar-refractivity contribution in [1.29, 1.82) is 0 Å². The van der Waals surface area contributed by atoms with Gasteiger partial charge in [-0.25, -0.2) is 0 Å². The second-order valence-corrected chi connectivity index (χ2v) is 12.7. The van der Waals surface area contributed by atoms with E-state index in [-0.39, 0.29) is 30.2 Å². The van der Waals surface area contributed by atoms with Crippen LogP contribution in [-0.4, -0.2) is 61.8 Å². The van der Waals surface area contributed by atoms with Crippen LogP contribution in [0.5, 0.6) is 0 Å². The fourth-order valence-electron chi connectivity index (χ4n) is 6.95. The number of nitrogens with one attached hydrogen (secondary N) is 4. The molecule has 10 nitrogen and oxygen atoms in total. The van der Waals surface area contributed by atoms with Gasteiger partial charge in [0.15, 0.2) is 5.79 Å². The molecule has 0 aromatic carbocycles. The number of carbonyl (C=O) groups excluding carboxylic acids is 1. The SMILES string of the molecule is C=CC1=C(C)[C@@H](Cc2[nH]c(Cc3[nH]c(/C=C4\N[C@@H](O)[C@H](C)[C@H]4CC)c(C)c3CCC(=O)O)c(CC[C@@]3(O)CO3)c2C)NC1=O. The number of H-pyrrole nitrogens is 2. The number of aliphatic hydroxyl groups excluding tert-OH is 1. The average molecular weight is 607 g/mol. The van der Waals surface area contributed by atoms with Crippen LogP contribution in [0.25, 0.3) is 6.08 Å². The van der Waals surface area contributed by atoms with Crippen LogP contribution in [0.1, 0.15) is 85.1 Å². The van der Waals surface area contributed by atoms with Gasteiger partial charge in [0, 0.05) is 71.6 Å². The number of aliphatic carboxylic acids is 1. The van der Waals surface area contributed by atoms with Crippen molar-refractivity contribution >= 4 is 18.0 Å². The second-order valence-electron chi connectivity index (χ2n) is 12.7. The van der Waals surface area contributed by atoms with Gasteiger partial charge in [-0.3, -0.25) is 9.59 Å². The Kier molecular flexibility index (Phi) is 8.98. The number of carbonyl (C=O) groups is 2. The molecule has 2 fully saturated rings. The Labute approximate surface area is 258 Å². The molecule has 0 radical (unpaired) electrons. The number of carboxylic acid groups (broad SMARTS) is 1. The molecule has 3 aliphatic rings. The zero-order valence-electron chi connectivity index (χ0n) is 26.4. The number of hydrogen-bond donors (Lipinski definition) is 7. The van der Waals surface area contributed by atoms with E-state index in [2.05, 4.69) is 47.1 Å². The van der Waals surface area contributed by atoms with Crippen LogP contribution in [0, 0.1) is 25.7 Å². The van der Waals surface area contributed by atoms with Crippen molar-refractivity contribution in [1.82, 2.24) is 20.6 Å². The first-order chi connectivity index (χ1) is 20.9. The zero-order chi connectivity index (χ0) is 31.9. The van der Waals surface area contributed by atoms with Gasteiger partial charge in [-0.1, -0.05) is 26.5 Å². The molecule has 44 heavy (non-hydrogen) atoms. The van der Waals surface area contributed by atoms with Gasteiger partial charge in [0.1, 0.15) is 12.8 Å². The molecule has 5 rings (SSSR count). The van der Waals surface area contributed by atoms with Gasteiger partial charge in [0.2, 0.25) is 0 Å². The van der Waals surface area contributed by atoms with E-state index >= 15 is 0 Å². The molecule has 0 saturated carbocycles. The lowest BCUT2D eigenvalue weighted by Crippen LogP contribution is -2.30. The highest BCUT2D eigenvalue weighted by Crippen LogP contribution is 2.36. The average Bonchev–Trinajstić information content (AvgIpc) is 3.27. The minimum atomic E-state index is -1.08. The number of hydrogen-bond acceptors (Lipinski definition) is 6. The molecule has 2 aromatic rings. The molecule has 7 N–H and O–H groups in total. The van der Waals surface area contributed by atoms with Crippen LogP contribution in [0.15, 0.2) is 29.5 Å². The number of epoxide rings is 1. The molecule has 5 atom stereocenters. The van der Waals surface area contributed by atoms with E-state index in [1.54, 1.807) is 6.08 Å². The van der Waals surface area contributed by atoms with Crippen LogP contribution in [0.4, 0.5) is 0 Å². The molecular formula is C34H46N4O6. The Bertz CT molecular complexity index is 1520. The maximum atomic E-state index is 12.5. The summed E-state index contributed by atoms with van der Waals surface area (Å²) in [6, 6.07) is -0.148. The van der Waals surface area contributed by atoms with E-state index in [1.165, 1.54) is 0 Å². The molecule has 3 aliphatic heterocycles. The largest absolute Gasteiger partial charge is 0.481 e. The summed E-state index contributed by atoms with van der Waals surface area (Å²) in [4.78, 5) is 31.3. The second kappa shape index (κ2) is 12.4. The predicted octanol–water partition coefficient (Wildman–Crippen LogP) is 3.69. The molecule has 238 valence electrons. The number of aromatic amines is 2. The summed E-state index contributed by atoms with van der Waals surface area (Å²) in [5.74, 6) is -1.76. The Balaban J connectivity index is 1.51. The quantitative estimate of drug-likeness (QED) is 0.171. The van der Waals surface area contributed by atoms with Crippen molar-refractivity contribution in [3.8, 4) is 0 Å². The molecule has 0 unspecified atom stereocenters. The fourth-order valence-corrected chi connectivity index (χ4v) is 6.95. The van der Waals surface area contributed by atoms with Crippen LogP contribution in [0.3, 0.4) is 0 Å². The van der Waals surface area contributed by atoms with Gasteiger partial charge in [-0.05, 0) is 73.9 Å². The first-order valence-corrected chi connectivity index (χ1v) is 15.6. The summed E-state index contributed by atoms with van der Waals surface area (Å²) >= 11 is 0. The third-order valence-corrected chi connectivity index (χ3v) is 9.96. The van der Waals surface area contributed by atoms with E-state index in [4.69, 9.17) is 4.74 Å². The van der Waals surface area contributed by atoms with Crippen LogP contribution in [0.2, 0.25) is 0 Å². The molecule has 0 spiro atoms. The summed E-state index contributed by atoms with van der Waals surface area (Å²) in [7, 11) is 0. The normalized spacial score (nSPS) is 27.2. The first kappa shape index (κ1) is 31.8. The Morgan fingerprint density at radius 1 is 1.09 bits per heavy atom. The number of ether oxygens (including phenoxy) is 1. The van der Waals surface area contributed by atoms with Crippen LogP contribution < -0.4 is 10.6 Å². The Hall–Kier alpha value is -3.60. The lowest BCUT2D eigenvalue weighted by Gasteiger charge is -2.13. The summed E-state index contributed by atoms with van der Waals surface area (Å²) < 4.78 is 5.26. The van der Waals surface area contributed by atoms with Gasteiger partial charge < -0.3 is 40.7 Å².